The molecular weight excluding hydrogens is 322 g/mol. The number of likely N-dealkylation sites (tertiary alicyclic amines) is 1. The summed E-state index contributed by atoms with van der Waals surface area (Å²) in [5.41, 5.74) is 0.735. The van der Waals surface area contributed by atoms with Gasteiger partial charge in [-0.3, -0.25) is 9.69 Å². The molecule has 4 heterocycles. The van der Waals surface area contributed by atoms with E-state index in [2.05, 4.69) is 5.10 Å². The van der Waals surface area contributed by atoms with Gasteiger partial charge in [0.05, 0.1) is 25.2 Å². The first-order valence-electron chi connectivity index (χ1n) is 8.58. The molecule has 1 saturated heterocycles. The summed E-state index contributed by atoms with van der Waals surface area (Å²) in [6, 6.07) is 7.05. The highest BCUT2D eigenvalue weighted by atomic mass is 16.3. The normalized spacial score (nSPS) is 24.5. The van der Waals surface area contributed by atoms with Gasteiger partial charge in [0.2, 0.25) is 0 Å². The Balaban J connectivity index is 1.54. The molecule has 7 heteroatoms. The van der Waals surface area contributed by atoms with Crippen molar-refractivity contribution in [1.82, 2.24) is 9.91 Å². The van der Waals surface area contributed by atoms with Crippen LogP contribution >= 0.6 is 0 Å². The first kappa shape index (κ1) is 16.1. The number of carbonyl (C=O) groups excluding carboxylic acids is 1. The van der Waals surface area contributed by atoms with Crippen LogP contribution < -0.4 is 0 Å². The number of carbonyl (C=O) groups is 1. The Kier molecular flexibility index (Phi) is 4.42. The third-order valence-electron chi connectivity index (χ3n) is 4.68. The lowest BCUT2D eigenvalue weighted by Crippen LogP contribution is -2.44. The van der Waals surface area contributed by atoms with Crippen molar-refractivity contribution in [2.24, 2.45) is 5.10 Å². The van der Waals surface area contributed by atoms with E-state index >= 15 is 0 Å². The van der Waals surface area contributed by atoms with Crippen LogP contribution in [-0.2, 0) is 4.79 Å². The molecule has 2 unspecified atom stereocenters. The van der Waals surface area contributed by atoms with Gasteiger partial charge < -0.3 is 13.9 Å². The molecule has 1 fully saturated rings. The maximum Gasteiger partial charge on any atom is 0.257 e. The summed E-state index contributed by atoms with van der Waals surface area (Å²) in [4.78, 5) is 14.8. The van der Waals surface area contributed by atoms with E-state index in [4.69, 9.17) is 8.83 Å². The predicted molar refractivity (Wildman–Crippen MR) is 89.8 cm³/mol. The van der Waals surface area contributed by atoms with Crippen molar-refractivity contribution in [3.63, 3.8) is 0 Å². The van der Waals surface area contributed by atoms with Crippen LogP contribution in [0.15, 0.2) is 50.7 Å². The highest BCUT2D eigenvalue weighted by Gasteiger charge is 2.36. The Morgan fingerprint density at radius 2 is 2.12 bits per heavy atom. The van der Waals surface area contributed by atoms with Gasteiger partial charge in [-0.2, -0.15) is 5.10 Å². The molecular formula is C18H21N3O4. The third-order valence-corrected chi connectivity index (χ3v) is 4.68. The van der Waals surface area contributed by atoms with E-state index in [-0.39, 0.29) is 24.6 Å². The van der Waals surface area contributed by atoms with Gasteiger partial charge in [0.1, 0.15) is 23.3 Å². The Bertz CT molecular complexity index is 738. The van der Waals surface area contributed by atoms with Gasteiger partial charge in [-0.1, -0.05) is 0 Å². The third kappa shape index (κ3) is 3.38. The smallest absolute Gasteiger partial charge is 0.257 e. The largest absolute Gasteiger partial charge is 0.467 e. The number of hydrogen-bond acceptors (Lipinski definition) is 6. The van der Waals surface area contributed by atoms with Crippen LogP contribution in [0.4, 0.5) is 0 Å². The van der Waals surface area contributed by atoms with Crippen LogP contribution in [0.2, 0.25) is 0 Å². The number of aliphatic hydroxyl groups excluding tert-OH is 1. The van der Waals surface area contributed by atoms with E-state index in [1.807, 2.05) is 23.1 Å². The average Bonchev–Trinajstić information content (AvgIpc) is 3.34. The number of hydrazone groups is 1. The minimum absolute atomic E-state index is 0.0999. The lowest BCUT2D eigenvalue weighted by Gasteiger charge is -2.31. The van der Waals surface area contributed by atoms with Gasteiger partial charge in [-0.05, 0) is 43.7 Å². The summed E-state index contributed by atoms with van der Waals surface area (Å²) in [7, 11) is 0. The molecule has 2 atom stereocenters. The Labute approximate surface area is 145 Å². The SMILES string of the molecule is O=C(CN1CCCC(O)C1)N1N=C(c2ccco2)CC1c1ccco1. The van der Waals surface area contributed by atoms with Gasteiger partial charge in [0, 0.05) is 13.0 Å². The second-order valence-electron chi connectivity index (χ2n) is 6.53. The molecule has 2 aromatic rings. The first-order valence-corrected chi connectivity index (χ1v) is 8.58. The predicted octanol–water partition coefficient (Wildman–Crippen LogP) is 2.01. The summed E-state index contributed by atoms with van der Waals surface area (Å²) in [5.74, 6) is 1.27. The number of aliphatic hydroxyl groups is 1. The number of nitrogens with zero attached hydrogens (tertiary/aromatic N) is 3. The monoisotopic (exact) mass is 343 g/mol. The zero-order chi connectivity index (χ0) is 17.2. The van der Waals surface area contributed by atoms with Crippen molar-refractivity contribution in [2.75, 3.05) is 19.6 Å². The zero-order valence-electron chi connectivity index (χ0n) is 13.9. The summed E-state index contributed by atoms with van der Waals surface area (Å²) in [6.45, 7) is 1.58. The maximum atomic E-state index is 12.9. The molecule has 132 valence electrons. The maximum absolute atomic E-state index is 12.9. The van der Waals surface area contributed by atoms with Crippen molar-refractivity contribution < 1.29 is 18.7 Å². The Morgan fingerprint density at radius 3 is 2.84 bits per heavy atom. The summed E-state index contributed by atoms with van der Waals surface area (Å²) in [5, 5.41) is 15.8. The van der Waals surface area contributed by atoms with E-state index in [0.717, 1.165) is 25.1 Å². The summed E-state index contributed by atoms with van der Waals surface area (Å²) < 4.78 is 11.0. The number of rotatable bonds is 4. The number of β-amino-alcohol motifs (C(OH)–C–C–N with tert-alkyl or cyclic N) is 1. The molecule has 0 saturated carbocycles. The highest BCUT2D eigenvalue weighted by Crippen LogP contribution is 2.33. The number of furan rings is 2. The van der Waals surface area contributed by atoms with Crippen LogP contribution in [0.5, 0.6) is 0 Å². The van der Waals surface area contributed by atoms with Gasteiger partial charge in [0.25, 0.3) is 5.91 Å². The van der Waals surface area contributed by atoms with Crippen molar-refractivity contribution in [2.45, 2.75) is 31.4 Å². The number of hydrogen-bond donors (Lipinski definition) is 1. The summed E-state index contributed by atoms with van der Waals surface area (Å²) >= 11 is 0. The van der Waals surface area contributed by atoms with E-state index in [1.54, 1.807) is 18.6 Å². The lowest BCUT2D eigenvalue weighted by atomic mass is 10.1. The number of amides is 1. The van der Waals surface area contributed by atoms with E-state index in [0.29, 0.717) is 24.5 Å². The van der Waals surface area contributed by atoms with Crippen molar-refractivity contribution >= 4 is 11.6 Å². The molecule has 1 N–H and O–H groups in total. The van der Waals surface area contributed by atoms with E-state index in [9.17, 15) is 9.90 Å². The molecule has 0 spiro atoms. The average molecular weight is 343 g/mol. The standard InChI is InChI=1S/C18H21N3O4/c22-13-4-1-7-20(11-13)12-18(23)21-15(17-6-3-9-25-17)10-14(19-21)16-5-2-8-24-16/h2-3,5-6,8-9,13,15,22H,1,4,7,10-12H2. The molecule has 1 amide bonds. The fourth-order valence-corrected chi connectivity index (χ4v) is 3.47. The molecule has 2 aliphatic rings. The molecule has 0 aromatic carbocycles. The second-order valence-corrected chi connectivity index (χ2v) is 6.53. The summed E-state index contributed by atoms with van der Waals surface area (Å²) in [6.07, 6.45) is 5.09. The first-order chi connectivity index (χ1) is 12.2. The van der Waals surface area contributed by atoms with Crippen LogP contribution in [0.25, 0.3) is 0 Å². The number of piperidine rings is 1. The van der Waals surface area contributed by atoms with Crippen LogP contribution in [-0.4, -0.2) is 52.4 Å². The fourth-order valence-electron chi connectivity index (χ4n) is 3.47. The zero-order valence-corrected chi connectivity index (χ0v) is 13.9. The van der Waals surface area contributed by atoms with Crippen molar-refractivity contribution in [3.8, 4) is 0 Å². The second kappa shape index (κ2) is 6.85. The molecule has 2 aromatic heterocycles. The Hall–Kier alpha value is -2.38. The molecule has 2 aliphatic heterocycles. The molecule has 0 bridgehead atoms. The Morgan fingerprint density at radius 1 is 1.28 bits per heavy atom. The molecule has 0 radical (unpaired) electrons. The van der Waals surface area contributed by atoms with E-state index < -0.39 is 0 Å². The lowest BCUT2D eigenvalue weighted by molar-refractivity contribution is -0.135. The van der Waals surface area contributed by atoms with E-state index in [1.165, 1.54) is 5.01 Å². The van der Waals surface area contributed by atoms with Crippen molar-refractivity contribution in [3.05, 3.63) is 48.3 Å². The fraction of sp³-hybridized carbons (Fsp3) is 0.444. The van der Waals surface area contributed by atoms with Gasteiger partial charge in [-0.15, -0.1) is 0 Å². The highest BCUT2D eigenvalue weighted by molar-refractivity contribution is 6.01. The van der Waals surface area contributed by atoms with Gasteiger partial charge in [0.15, 0.2) is 0 Å². The van der Waals surface area contributed by atoms with Gasteiger partial charge in [-0.25, -0.2) is 5.01 Å². The van der Waals surface area contributed by atoms with Gasteiger partial charge >= 0.3 is 0 Å². The van der Waals surface area contributed by atoms with Crippen molar-refractivity contribution in [1.29, 1.82) is 0 Å². The van der Waals surface area contributed by atoms with Crippen LogP contribution in [0.3, 0.4) is 0 Å². The quantitative estimate of drug-likeness (QED) is 0.918. The molecule has 7 nitrogen and oxygen atoms in total. The van der Waals surface area contributed by atoms with Crippen LogP contribution in [0, 0.1) is 0 Å². The topological polar surface area (TPSA) is 82.4 Å². The molecule has 0 aliphatic carbocycles. The minimum atomic E-state index is -0.358. The minimum Gasteiger partial charge on any atom is -0.467 e. The molecule has 25 heavy (non-hydrogen) atoms. The molecule has 4 rings (SSSR count). The van der Waals surface area contributed by atoms with Crippen LogP contribution in [0.1, 0.15) is 36.8 Å².